The lowest BCUT2D eigenvalue weighted by Crippen LogP contribution is -2.50. The van der Waals surface area contributed by atoms with Crippen LogP contribution in [-0.4, -0.2) is 62.1 Å². The Balaban J connectivity index is 0.00000338. The highest BCUT2D eigenvalue weighted by Crippen LogP contribution is 2.15. The third-order valence-electron chi connectivity index (χ3n) is 4.47. The molecule has 0 spiro atoms. The number of nitrogens with one attached hydrogen (secondary N) is 2. The number of carbonyl (C=O) groups is 1. The maximum Gasteiger partial charge on any atom is 0.244 e. The molecule has 0 saturated carbocycles. The number of amides is 1. The van der Waals surface area contributed by atoms with Gasteiger partial charge in [0, 0.05) is 44.5 Å². The van der Waals surface area contributed by atoms with Crippen LogP contribution in [-0.2, 0) is 4.79 Å². The van der Waals surface area contributed by atoms with Crippen LogP contribution >= 0.6 is 24.0 Å². The van der Waals surface area contributed by atoms with Gasteiger partial charge in [-0.2, -0.15) is 0 Å². The van der Waals surface area contributed by atoms with Crippen LogP contribution in [0.5, 0.6) is 0 Å². The van der Waals surface area contributed by atoms with E-state index in [-0.39, 0.29) is 36.4 Å². The van der Waals surface area contributed by atoms with E-state index in [4.69, 9.17) is 0 Å². The molecule has 0 bridgehead atoms. The average Bonchev–Trinajstić information content (AvgIpc) is 2.66. The predicted molar refractivity (Wildman–Crippen MR) is 120 cm³/mol. The Morgan fingerprint density at radius 3 is 2.38 bits per heavy atom. The quantitative estimate of drug-likeness (QED) is 0.378. The molecular weight excluding hydrogens is 441 g/mol. The SMILES string of the molecule is CCNC(=NCC(=O)N1CCN(c2ccccc2)CC1)NC(C)CC.I. The molecular formula is C19H32IN5O. The molecule has 1 amide bonds. The maximum absolute atomic E-state index is 12.5. The normalized spacial score (nSPS) is 15.9. The molecule has 1 aliphatic heterocycles. The summed E-state index contributed by atoms with van der Waals surface area (Å²) in [6.07, 6.45) is 1.01. The molecule has 0 aliphatic carbocycles. The fraction of sp³-hybridized carbons (Fsp3) is 0.579. The number of piperazine rings is 1. The zero-order valence-electron chi connectivity index (χ0n) is 16.1. The Morgan fingerprint density at radius 1 is 1.15 bits per heavy atom. The van der Waals surface area contributed by atoms with E-state index in [2.05, 4.69) is 46.5 Å². The van der Waals surface area contributed by atoms with Crippen molar-refractivity contribution in [3.05, 3.63) is 30.3 Å². The monoisotopic (exact) mass is 473 g/mol. The Kier molecular flexibility index (Phi) is 10.4. The van der Waals surface area contributed by atoms with Crippen molar-refractivity contribution in [2.45, 2.75) is 33.2 Å². The minimum atomic E-state index is 0. The van der Waals surface area contributed by atoms with Crippen LogP contribution in [0.4, 0.5) is 5.69 Å². The second-order valence-corrected chi connectivity index (χ2v) is 6.35. The molecule has 7 heteroatoms. The highest BCUT2D eigenvalue weighted by atomic mass is 127. The minimum Gasteiger partial charge on any atom is -0.368 e. The Labute approximate surface area is 174 Å². The molecule has 1 aliphatic rings. The smallest absolute Gasteiger partial charge is 0.244 e. The van der Waals surface area contributed by atoms with Gasteiger partial charge in [0.25, 0.3) is 0 Å². The summed E-state index contributed by atoms with van der Waals surface area (Å²) in [6, 6.07) is 10.7. The van der Waals surface area contributed by atoms with Gasteiger partial charge in [-0.15, -0.1) is 24.0 Å². The number of benzene rings is 1. The van der Waals surface area contributed by atoms with Crippen molar-refractivity contribution in [2.24, 2.45) is 4.99 Å². The zero-order valence-corrected chi connectivity index (χ0v) is 18.4. The molecule has 1 aromatic carbocycles. The summed E-state index contributed by atoms with van der Waals surface area (Å²) in [5, 5.41) is 6.51. The summed E-state index contributed by atoms with van der Waals surface area (Å²) >= 11 is 0. The first-order valence-electron chi connectivity index (χ1n) is 9.26. The molecule has 6 nitrogen and oxygen atoms in total. The van der Waals surface area contributed by atoms with Crippen molar-refractivity contribution in [1.82, 2.24) is 15.5 Å². The summed E-state index contributed by atoms with van der Waals surface area (Å²) in [5.74, 6) is 0.808. The summed E-state index contributed by atoms with van der Waals surface area (Å²) in [5.41, 5.74) is 1.22. The van der Waals surface area contributed by atoms with Crippen molar-refractivity contribution in [3.8, 4) is 0 Å². The van der Waals surface area contributed by atoms with Crippen molar-refractivity contribution in [3.63, 3.8) is 0 Å². The van der Waals surface area contributed by atoms with Crippen LogP contribution in [0.15, 0.2) is 35.3 Å². The van der Waals surface area contributed by atoms with E-state index < -0.39 is 0 Å². The van der Waals surface area contributed by atoms with Gasteiger partial charge in [-0.1, -0.05) is 25.1 Å². The summed E-state index contributed by atoms with van der Waals surface area (Å²) in [6.45, 7) is 10.5. The van der Waals surface area contributed by atoms with Crippen molar-refractivity contribution in [2.75, 3.05) is 44.2 Å². The molecule has 1 saturated heterocycles. The van der Waals surface area contributed by atoms with Crippen LogP contribution in [0, 0.1) is 0 Å². The number of rotatable bonds is 6. The van der Waals surface area contributed by atoms with Gasteiger partial charge in [0.05, 0.1) is 0 Å². The topological polar surface area (TPSA) is 60.0 Å². The van der Waals surface area contributed by atoms with Crippen molar-refractivity contribution >= 4 is 41.5 Å². The number of nitrogens with zero attached hydrogens (tertiary/aromatic N) is 3. The molecule has 0 aromatic heterocycles. The van der Waals surface area contributed by atoms with Gasteiger partial charge in [-0.05, 0) is 32.4 Å². The van der Waals surface area contributed by atoms with Gasteiger partial charge in [-0.3, -0.25) is 4.79 Å². The summed E-state index contributed by atoms with van der Waals surface area (Å²) < 4.78 is 0. The van der Waals surface area contributed by atoms with E-state index >= 15 is 0 Å². The number of aliphatic imine (C=N–C) groups is 1. The average molecular weight is 473 g/mol. The van der Waals surface area contributed by atoms with Crippen LogP contribution in [0.3, 0.4) is 0 Å². The first-order chi connectivity index (χ1) is 12.1. The van der Waals surface area contributed by atoms with Gasteiger partial charge in [-0.25, -0.2) is 4.99 Å². The van der Waals surface area contributed by atoms with Gasteiger partial charge in [0.15, 0.2) is 5.96 Å². The summed E-state index contributed by atoms with van der Waals surface area (Å²) in [7, 11) is 0. The standard InChI is InChI=1S/C19H31N5O.HI/c1-4-16(3)22-19(20-5-2)21-15-18(25)24-13-11-23(12-14-24)17-9-7-6-8-10-17;/h6-10,16H,4-5,11-15H2,1-3H3,(H2,20,21,22);1H. The van der Waals surface area contributed by atoms with Gasteiger partial charge in [0.2, 0.25) is 5.91 Å². The fourth-order valence-corrected chi connectivity index (χ4v) is 2.76. The predicted octanol–water partition coefficient (Wildman–Crippen LogP) is 2.31. The van der Waals surface area contributed by atoms with E-state index in [1.54, 1.807) is 0 Å². The first-order valence-corrected chi connectivity index (χ1v) is 9.26. The molecule has 2 N–H and O–H groups in total. The third-order valence-corrected chi connectivity index (χ3v) is 4.47. The van der Waals surface area contributed by atoms with Gasteiger partial charge in [0.1, 0.15) is 6.54 Å². The van der Waals surface area contributed by atoms with E-state index in [0.29, 0.717) is 12.0 Å². The third kappa shape index (κ3) is 7.01. The fourth-order valence-electron chi connectivity index (χ4n) is 2.76. The van der Waals surface area contributed by atoms with E-state index in [1.807, 2.05) is 30.0 Å². The number of para-hydroxylation sites is 1. The lowest BCUT2D eigenvalue weighted by molar-refractivity contribution is -0.129. The van der Waals surface area contributed by atoms with E-state index in [1.165, 1.54) is 5.69 Å². The van der Waals surface area contributed by atoms with Crippen LogP contribution in [0.2, 0.25) is 0 Å². The lowest BCUT2D eigenvalue weighted by atomic mass is 10.2. The number of halogens is 1. The maximum atomic E-state index is 12.5. The molecule has 1 unspecified atom stereocenters. The number of hydrogen-bond acceptors (Lipinski definition) is 3. The molecule has 1 fully saturated rings. The Hall–Kier alpha value is -1.51. The number of anilines is 1. The number of hydrogen-bond donors (Lipinski definition) is 2. The molecule has 1 heterocycles. The molecule has 1 aromatic rings. The van der Waals surface area contributed by atoms with Crippen LogP contribution < -0.4 is 15.5 Å². The van der Waals surface area contributed by atoms with Gasteiger partial charge >= 0.3 is 0 Å². The molecule has 0 radical (unpaired) electrons. The number of guanidine groups is 1. The second kappa shape index (κ2) is 12.0. The first kappa shape index (κ1) is 22.5. The highest BCUT2D eigenvalue weighted by molar-refractivity contribution is 14.0. The second-order valence-electron chi connectivity index (χ2n) is 6.35. The van der Waals surface area contributed by atoms with E-state index in [9.17, 15) is 4.79 Å². The van der Waals surface area contributed by atoms with Crippen LogP contribution in [0.1, 0.15) is 27.2 Å². The molecule has 26 heavy (non-hydrogen) atoms. The summed E-state index contributed by atoms with van der Waals surface area (Å²) in [4.78, 5) is 21.1. The molecule has 2 rings (SSSR count). The van der Waals surface area contributed by atoms with Gasteiger partial charge < -0.3 is 20.4 Å². The van der Waals surface area contributed by atoms with Crippen molar-refractivity contribution < 1.29 is 4.79 Å². The Bertz CT molecular complexity index is 558. The minimum absolute atomic E-state index is 0. The number of carbonyl (C=O) groups excluding carboxylic acids is 1. The lowest BCUT2D eigenvalue weighted by Gasteiger charge is -2.36. The van der Waals surface area contributed by atoms with E-state index in [0.717, 1.165) is 39.1 Å². The molecule has 146 valence electrons. The molecule has 1 atom stereocenters. The van der Waals surface area contributed by atoms with Crippen molar-refractivity contribution in [1.29, 1.82) is 0 Å². The Morgan fingerprint density at radius 2 is 1.81 bits per heavy atom. The zero-order chi connectivity index (χ0) is 18.1. The highest BCUT2D eigenvalue weighted by Gasteiger charge is 2.21. The largest absolute Gasteiger partial charge is 0.368 e. The van der Waals surface area contributed by atoms with Crippen LogP contribution in [0.25, 0.3) is 0 Å².